The van der Waals surface area contributed by atoms with Crippen LogP contribution in [0.25, 0.3) is 0 Å². The lowest BCUT2D eigenvalue weighted by molar-refractivity contribution is 0.328. The molecule has 4 heteroatoms. The fourth-order valence-electron chi connectivity index (χ4n) is 2.56. The molecule has 0 unspecified atom stereocenters. The molecule has 1 saturated heterocycles. The quantitative estimate of drug-likeness (QED) is 0.908. The Morgan fingerprint density at radius 2 is 2.00 bits per heavy atom. The van der Waals surface area contributed by atoms with Crippen molar-refractivity contribution in [3.63, 3.8) is 0 Å². The number of nitrogens with zero attached hydrogens (tertiary/aromatic N) is 2. The molecule has 2 heterocycles. The summed E-state index contributed by atoms with van der Waals surface area (Å²) in [4.78, 5) is 6.98. The molecule has 1 aliphatic rings. The topological polar surface area (TPSA) is 28.2 Å². The smallest absolute Gasteiger partial charge is 0.142 e. The van der Waals surface area contributed by atoms with Crippen LogP contribution in [0.4, 0.5) is 5.82 Å². The summed E-state index contributed by atoms with van der Waals surface area (Å²) in [6.07, 6.45) is 4.43. The Hall–Kier alpha value is -0.610. The second-order valence-electron chi connectivity index (χ2n) is 6.88. The van der Waals surface area contributed by atoms with Gasteiger partial charge in [0.05, 0.1) is 4.47 Å². The van der Waals surface area contributed by atoms with Gasteiger partial charge in [-0.05, 0) is 80.6 Å². The van der Waals surface area contributed by atoms with E-state index in [1.165, 1.54) is 18.4 Å². The fraction of sp³-hybridized carbons (Fsp3) is 0.688. The number of anilines is 1. The lowest BCUT2D eigenvalue weighted by Crippen LogP contribution is -2.43. The Labute approximate surface area is 131 Å². The average molecular weight is 340 g/mol. The first kappa shape index (κ1) is 15.8. The van der Waals surface area contributed by atoms with Crippen molar-refractivity contribution < 1.29 is 0 Å². The van der Waals surface area contributed by atoms with Crippen molar-refractivity contribution in [1.29, 1.82) is 0 Å². The number of hydrogen-bond acceptors (Lipinski definition) is 3. The molecule has 112 valence electrons. The molecule has 2 rings (SSSR count). The summed E-state index contributed by atoms with van der Waals surface area (Å²) in [7, 11) is 0. The van der Waals surface area contributed by atoms with E-state index in [9.17, 15) is 0 Å². The second-order valence-corrected chi connectivity index (χ2v) is 7.73. The SMILES string of the molecule is Cc1cnc(N2CCC(CNC(C)(C)C)CC2)c(Br)c1. The highest BCUT2D eigenvalue weighted by Gasteiger charge is 2.22. The minimum Gasteiger partial charge on any atom is -0.356 e. The highest BCUT2D eigenvalue weighted by molar-refractivity contribution is 9.10. The van der Waals surface area contributed by atoms with E-state index in [0.717, 1.165) is 35.8 Å². The number of halogens is 1. The van der Waals surface area contributed by atoms with Gasteiger partial charge in [0.15, 0.2) is 0 Å². The predicted molar refractivity (Wildman–Crippen MR) is 89.4 cm³/mol. The van der Waals surface area contributed by atoms with Crippen LogP contribution in [0.15, 0.2) is 16.7 Å². The monoisotopic (exact) mass is 339 g/mol. The van der Waals surface area contributed by atoms with Crippen molar-refractivity contribution in [2.75, 3.05) is 24.5 Å². The molecule has 0 aliphatic carbocycles. The van der Waals surface area contributed by atoms with Crippen LogP contribution in [-0.2, 0) is 0 Å². The van der Waals surface area contributed by atoms with E-state index in [4.69, 9.17) is 0 Å². The van der Waals surface area contributed by atoms with Crippen molar-refractivity contribution >= 4 is 21.7 Å². The number of aromatic nitrogens is 1. The van der Waals surface area contributed by atoms with Gasteiger partial charge in [-0.2, -0.15) is 0 Å². The molecular formula is C16H26BrN3. The molecule has 0 atom stereocenters. The summed E-state index contributed by atoms with van der Waals surface area (Å²) in [6, 6.07) is 2.15. The van der Waals surface area contributed by atoms with Gasteiger partial charge >= 0.3 is 0 Å². The van der Waals surface area contributed by atoms with Crippen molar-refractivity contribution in [2.45, 2.75) is 46.1 Å². The van der Waals surface area contributed by atoms with E-state index in [2.05, 4.69) is 64.9 Å². The summed E-state index contributed by atoms with van der Waals surface area (Å²) in [5, 5.41) is 3.62. The third-order valence-corrected chi connectivity index (χ3v) is 4.38. The van der Waals surface area contributed by atoms with Gasteiger partial charge in [-0.3, -0.25) is 0 Å². The zero-order valence-electron chi connectivity index (χ0n) is 13.0. The van der Waals surface area contributed by atoms with Crippen LogP contribution in [0.2, 0.25) is 0 Å². The average Bonchev–Trinajstić information content (AvgIpc) is 2.36. The molecule has 0 bridgehead atoms. The molecule has 0 radical (unpaired) electrons. The van der Waals surface area contributed by atoms with Crippen LogP contribution in [0.5, 0.6) is 0 Å². The minimum atomic E-state index is 0.221. The third-order valence-electron chi connectivity index (χ3n) is 3.79. The van der Waals surface area contributed by atoms with Gasteiger partial charge in [0.1, 0.15) is 5.82 Å². The molecule has 3 nitrogen and oxygen atoms in total. The first-order valence-corrected chi connectivity index (χ1v) is 8.26. The summed E-state index contributed by atoms with van der Waals surface area (Å²) in [5.41, 5.74) is 1.42. The molecule has 0 amide bonds. The standard InChI is InChI=1S/C16H26BrN3/c1-12-9-14(17)15(18-10-12)20-7-5-13(6-8-20)11-19-16(2,3)4/h9-10,13,19H,5-8,11H2,1-4H3. The highest BCUT2D eigenvalue weighted by atomic mass is 79.9. The van der Waals surface area contributed by atoms with Crippen molar-refractivity contribution in [3.8, 4) is 0 Å². The van der Waals surface area contributed by atoms with E-state index >= 15 is 0 Å². The van der Waals surface area contributed by atoms with Gasteiger partial charge in [-0.25, -0.2) is 4.98 Å². The maximum absolute atomic E-state index is 4.58. The Bertz CT molecular complexity index is 446. The van der Waals surface area contributed by atoms with Gasteiger partial charge < -0.3 is 10.2 Å². The lowest BCUT2D eigenvalue weighted by Gasteiger charge is -2.34. The maximum atomic E-state index is 4.58. The number of pyridine rings is 1. The lowest BCUT2D eigenvalue weighted by atomic mass is 9.95. The normalized spacial score (nSPS) is 17.6. The third kappa shape index (κ3) is 4.45. The number of piperidine rings is 1. The van der Waals surface area contributed by atoms with E-state index < -0.39 is 0 Å². The zero-order valence-corrected chi connectivity index (χ0v) is 14.6. The first-order chi connectivity index (χ1) is 9.35. The number of rotatable bonds is 3. The molecular weight excluding hydrogens is 314 g/mol. The first-order valence-electron chi connectivity index (χ1n) is 7.47. The number of nitrogens with one attached hydrogen (secondary N) is 1. The molecule has 0 saturated carbocycles. The van der Waals surface area contributed by atoms with Crippen molar-refractivity contribution in [3.05, 3.63) is 22.3 Å². The van der Waals surface area contributed by atoms with Crippen LogP contribution >= 0.6 is 15.9 Å². The van der Waals surface area contributed by atoms with Gasteiger partial charge in [0.25, 0.3) is 0 Å². The van der Waals surface area contributed by atoms with E-state index in [1.54, 1.807) is 0 Å². The van der Waals surface area contributed by atoms with Gasteiger partial charge in [-0.1, -0.05) is 0 Å². The van der Waals surface area contributed by atoms with Gasteiger partial charge in [-0.15, -0.1) is 0 Å². The summed E-state index contributed by atoms with van der Waals surface area (Å²) in [5.74, 6) is 1.88. The number of aryl methyl sites for hydroxylation is 1. The Morgan fingerprint density at radius 1 is 1.35 bits per heavy atom. The minimum absolute atomic E-state index is 0.221. The summed E-state index contributed by atoms with van der Waals surface area (Å²) in [6.45, 7) is 12.1. The number of hydrogen-bond donors (Lipinski definition) is 1. The molecule has 1 aromatic heterocycles. The van der Waals surface area contributed by atoms with Crippen LogP contribution in [-0.4, -0.2) is 30.2 Å². The van der Waals surface area contributed by atoms with Crippen LogP contribution in [0, 0.1) is 12.8 Å². The molecule has 0 aromatic carbocycles. The van der Waals surface area contributed by atoms with E-state index in [-0.39, 0.29) is 5.54 Å². The van der Waals surface area contributed by atoms with Crippen LogP contribution < -0.4 is 10.2 Å². The van der Waals surface area contributed by atoms with Crippen molar-refractivity contribution in [2.24, 2.45) is 5.92 Å². The van der Waals surface area contributed by atoms with Gasteiger partial charge in [0, 0.05) is 24.8 Å². The van der Waals surface area contributed by atoms with Crippen molar-refractivity contribution in [1.82, 2.24) is 10.3 Å². The Morgan fingerprint density at radius 3 is 2.55 bits per heavy atom. The molecule has 1 aromatic rings. The zero-order chi connectivity index (χ0) is 14.8. The summed E-state index contributed by atoms with van der Waals surface area (Å²) < 4.78 is 1.11. The van der Waals surface area contributed by atoms with E-state index in [1.807, 2.05) is 6.20 Å². The molecule has 1 fully saturated rings. The van der Waals surface area contributed by atoms with Crippen LogP contribution in [0.1, 0.15) is 39.2 Å². The van der Waals surface area contributed by atoms with Crippen LogP contribution in [0.3, 0.4) is 0 Å². The molecule has 1 aliphatic heterocycles. The second kappa shape index (κ2) is 6.44. The fourth-order valence-corrected chi connectivity index (χ4v) is 3.27. The molecule has 1 N–H and O–H groups in total. The molecule has 20 heavy (non-hydrogen) atoms. The molecule has 0 spiro atoms. The Kier molecular flexibility index (Phi) is 5.08. The predicted octanol–water partition coefficient (Wildman–Crippen LogP) is 3.76. The maximum Gasteiger partial charge on any atom is 0.142 e. The Balaban J connectivity index is 1.88. The largest absolute Gasteiger partial charge is 0.356 e. The summed E-state index contributed by atoms with van der Waals surface area (Å²) >= 11 is 3.64. The van der Waals surface area contributed by atoms with E-state index in [0.29, 0.717) is 0 Å². The highest BCUT2D eigenvalue weighted by Crippen LogP contribution is 2.28. The van der Waals surface area contributed by atoms with Gasteiger partial charge in [0.2, 0.25) is 0 Å².